The van der Waals surface area contributed by atoms with Crippen molar-refractivity contribution in [2.24, 2.45) is 0 Å². The molecule has 9 heteroatoms. The number of aliphatic hydroxyl groups excluding tert-OH is 1. The number of hydrogen-bond acceptors (Lipinski definition) is 7. The number of amides is 1. The molecule has 0 radical (unpaired) electrons. The first-order valence-corrected chi connectivity index (χ1v) is 10.8. The molecule has 0 bridgehead atoms. The molecule has 0 saturated carbocycles. The molecule has 4 N–H and O–H groups in total. The summed E-state index contributed by atoms with van der Waals surface area (Å²) in [4.78, 5) is 25.9. The second-order valence-electron chi connectivity index (χ2n) is 8.01. The van der Waals surface area contributed by atoms with E-state index < -0.39 is 0 Å². The Morgan fingerprint density at radius 2 is 2.00 bits per heavy atom. The number of carbonyl (C=O) groups excluding carboxylic acids is 1. The number of pyridine rings is 1. The highest BCUT2D eigenvalue weighted by molar-refractivity contribution is 6.04. The van der Waals surface area contributed by atoms with E-state index in [9.17, 15) is 9.90 Å². The van der Waals surface area contributed by atoms with Gasteiger partial charge in [0.15, 0.2) is 0 Å². The van der Waals surface area contributed by atoms with Crippen LogP contribution >= 0.6 is 0 Å². The monoisotopic (exact) mass is 444 g/mol. The molecule has 1 amide bonds. The minimum absolute atomic E-state index is 0.0252. The summed E-state index contributed by atoms with van der Waals surface area (Å²) < 4.78 is 7.74. The Labute approximate surface area is 190 Å². The van der Waals surface area contributed by atoms with Gasteiger partial charge in [0, 0.05) is 35.6 Å². The maximum atomic E-state index is 12.6. The van der Waals surface area contributed by atoms with E-state index in [0.717, 1.165) is 29.7 Å². The normalized spacial score (nSPS) is 18.3. The van der Waals surface area contributed by atoms with E-state index in [0.29, 0.717) is 29.5 Å². The predicted molar refractivity (Wildman–Crippen MR) is 124 cm³/mol. The van der Waals surface area contributed by atoms with Crippen LogP contribution in [0.25, 0.3) is 16.8 Å². The van der Waals surface area contributed by atoms with Gasteiger partial charge in [-0.15, -0.1) is 0 Å². The van der Waals surface area contributed by atoms with Gasteiger partial charge in [0.2, 0.25) is 0 Å². The van der Waals surface area contributed by atoms with E-state index >= 15 is 0 Å². The van der Waals surface area contributed by atoms with Crippen LogP contribution in [0.4, 0.5) is 11.6 Å². The molecule has 3 aromatic heterocycles. The van der Waals surface area contributed by atoms with Crippen LogP contribution in [-0.2, 0) is 4.74 Å². The molecule has 1 saturated heterocycles. The number of fused-ring (bicyclic) bond motifs is 1. The third kappa shape index (κ3) is 4.15. The molecular formula is C24H24N6O3. The first kappa shape index (κ1) is 21.0. The first-order chi connectivity index (χ1) is 16.1. The van der Waals surface area contributed by atoms with Crippen LogP contribution in [0.1, 0.15) is 34.9 Å². The van der Waals surface area contributed by atoms with Gasteiger partial charge in [-0.2, -0.15) is 0 Å². The van der Waals surface area contributed by atoms with Crippen molar-refractivity contribution in [3.8, 4) is 11.3 Å². The number of hydrogen-bond donors (Lipinski definition) is 3. The lowest BCUT2D eigenvalue weighted by Crippen LogP contribution is -2.28. The van der Waals surface area contributed by atoms with E-state index in [4.69, 9.17) is 15.5 Å². The van der Waals surface area contributed by atoms with Gasteiger partial charge in [-0.25, -0.2) is 15.0 Å². The van der Waals surface area contributed by atoms with E-state index in [2.05, 4.69) is 15.3 Å². The molecule has 4 heterocycles. The molecular weight excluding hydrogens is 420 g/mol. The maximum absolute atomic E-state index is 12.6. The van der Waals surface area contributed by atoms with Crippen molar-refractivity contribution in [1.29, 1.82) is 0 Å². The van der Waals surface area contributed by atoms with Crippen LogP contribution in [0.3, 0.4) is 0 Å². The number of nitrogens with one attached hydrogen (secondary N) is 1. The number of carbonyl (C=O) groups is 1. The van der Waals surface area contributed by atoms with Crippen LogP contribution in [0.5, 0.6) is 0 Å². The summed E-state index contributed by atoms with van der Waals surface area (Å²) in [5.41, 5.74) is 9.01. The minimum atomic E-state index is -0.241. The zero-order chi connectivity index (χ0) is 22.8. The summed E-state index contributed by atoms with van der Waals surface area (Å²) in [6, 6.07) is 12.5. The Morgan fingerprint density at radius 3 is 2.70 bits per heavy atom. The zero-order valence-electron chi connectivity index (χ0n) is 17.9. The van der Waals surface area contributed by atoms with Gasteiger partial charge in [-0.05, 0) is 37.1 Å². The number of ether oxygens (including phenoxy) is 1. The van der Waals surface area contributed by atoms with Crippen LogP contribution in [-0.4, -0.2) is 49.7 Å². The summed E-state index contributed by atoms with van der Waals surface area (Å²) in [6.45, 7) is 0.510. The molecule has 9 nitrogen and oxygen atoms in total. The number of anilines is 2. The molecule has 1 aromatic carbocycles. The number of nitrogens with zero attached hydrogens (tertiary/aromatic N) is 4. The minimum Gasteiger partial charge on any atom is -0.394 e. The standard InChI is InChI=1S/C24H24N6O3/c25-22-21-20(15-4-6-16(7-5-15)24(32)28-19-3-1-2-10-26-19)29-23(30(21)12-11-27-22)17-8-9-18(13-31)33-14-17/h1-7,10-12,17-18,31H,8-9,13-14H2,(H2,25,27)(H,26,28,32)/t17-,18-/m1/s1. The lowest BCUT2D eigenvalue weighted by molar-refractivity contribution is -0.0282. The molecule has 0 unspecified atom stereocenters. The number of benzene rings is 1. The van der Waals surface area contributed by atoms with Crippen molar-refractivity contribution in [1.82, 2.24) is 19.4 Å². The van der Waals surface area contributed by atoms with Crippen molar-refractivity contribution in [3.63, 3.8) is 0 Å². The summed E-state index contributed by atoms with van der Waals surface area (Å²) in [6.07, 6.45) is 6.64. The van der Waals surface area contributed by atoms with Crippen molar-refractivity contribution >= 4 is 23.1 Å². The van der Waals surface area contributed by atoms with Gasteiger partial charge < -0.3 is 20.9 Å². The van der Waals surface area contributed by atoms with E-state index in [1.165, 1.54) is 0 Å². The number of aliphatic hydroxyl groups is 1. The number of nitrogens with two attached hydrogens (primary N) is 1. The third-order valence-electron chi connectivity index (χ3n) is 5.88. The summed E-state index contributed by atoms with van der Waals surface area (Å²) in [5.74, 6) is 1.57. The van der Waals surface area contributed by atoms with Crippen molar-refractivity contribution in [2.45, 2.75) is 24.9 Å². The molecule has 0 aliphatic carbocycles. The fourth-order valence-electron chi connectivity index (χ4n) is 4.13. The van der Waals surface area contributed by atoms with Crippen LogP contribution in [0.15, 0.2) is 61.1 Å². The summed E-state index contributed by atoms with van der Waals surface area (Å²) in [5, 5.41) is 12.1. The fraction of sp³-hybridized carbons (Fsp3) is 0.250. The number of imidazole rings is 1. The smallest absolute Gasteiger partial charge is 0.256 e. The predicted octanol–water partition coefficient (Wildman–Crippen LogP) is 2.88. The number of nitrogen functional groups attached to an aromatic ring is 1. The highest BCUT2D eigenvalue weighted by Gasteiger charge is 2.27. The quantitative estimate of drug-likeness (QED) is 0.432. The average Bonchev–Trinajstić information content (AvgIpc) is 3.26. The van der Waals surface area contributed by atoms with Gasteiger partial charge >= 0.3 is 0 Å². The second-order valence-corrected chi connectivity index (χ2v) is 8.01. The summed E-state index contributed by atoms with van der Waals surface area (Å²) in [7, 11) is 0. The van der Waals surface area contributed by atoms with Gasteiger partial charge in [-0.3, -0.25) is 9.20 Å². The molecule has 0 spiro atoms. The second kappa shape index (κ2) is 8.97. The maximum Gasteiger partial charge on any atom is 0.256 e. The molecule has 5 rings (SSSR count). The van der Waals surface area contributed by atoms with Crippen molar-refractivity contribution in [2.75, 3.05) is 24.3 Å². The third-order valence-corrected chi connectivity index (χ3v) is 5.88. The van der Waals surface area contributed by atoms with E-state index in [1.807, 2.05) is 28.8 Å². The van der Waals surface area contributed by atoms with Crippen molar-refractivity contribution in [3.05, 3.63) is 72.4 Å². The molecule has 1 fully saturated rings. The Bertz CT molecular complexity index is 1260. The Kier molecular flexibility index (Phi) is 5.72. The molecule has 33 heavy (non-hydrogen) atoms. The number of rotatable bonds is 5. The highest BCUT2D eigenvalue weighted by Crippen LogP contribution is 2.34. The van der Waals surface area contributed by atoms with Gasteiger partial charge in [-0.1, -0.05) is 18.2 Å². The summed E-state index contributed by atoms with van der Waals surface area (Å²) >= 11 is 0. The van der Waals surface area contributed by atoms with Crippen molar-refractivity contribution < 1.29 is 14.6 Å². The lowest BCUT2D eigenvalue weighted by Gasteiger charge is -2.27. The Morgan fingerprint density at radius 1 is 1.15 bits per heavy atom. The molecule has 168 valence electrons. The fourth-order valence-corrected chi connectivity index (χ4v) is 4.13. The molecule has 1 aliphatic rings. The molecule has 4 aromatic rings. The average molecular weight is 444 g/mol. The molecule has 1 aliphatic heterocycles. The largest absolute Gasteiger partial charge is 0.394 e. The highest BCUT2D eigenvalue weighted by atomic mass is 16.5. The SMILES string of the molecule is Nc1nccn2c([C@@H]3CC[C@H](CO)OC3)nc(-c3ccc(C(=O)Nc4ccccn4)cc3)c12. The Balaban J connectivity index is 1.45. The van der Waals surface area contributed by atoms with Crippen LogP contribution < -0.4 is 11.1 Å². The zero-order valence-corrected chi connectivity index (χ0v) is 17.9. The topological polar surface area (TPSA) is 128 Å². The van der Waals surface area contributed by atoms with E-state index in [-0.39, 0.29) is 24.5 Å². The number of aromatic nitrogens is 4. The molecule has 2 atom stereocenters. The Hall–Kier alpha value is -3.82. The van der Waals surface area contributed by atoms with Crippen LogP contribution in [0, 0.1) is 0 Å². The van der Waals surface area contributed by atoms with Gasteiger partial charge in [0.25, 0.3) is 5.91 Å². The van der Waals surface area contributed by atoms with E-state index in [1.54, 1.807) is 36.7 Å². The van der Waals surface area contributed by atoms with Crippen LogP contribution in [0.2, 0.25) is 0 Å². The van der Waals surface area contributed by atoms with Gasteiger partial charge in [0.1, 0.15) is 28.7 Å². The first-order valence-electron chi connectivity index (χ1n) is 10.8. The lowest BCUT2D eigenvalue weighted by atomic mass is 9.98. The van der Waals surface area contributed by atoms with Gasteiger partial charge in [0.05, 0.1) is 19.3 Å².